The normalized spacial score (nSPS) is 11.8. The first-order valence-electron chi connectivity index (χ1n) is 12.3. The van der Waals surface area contributed by atoms with Gasteiger partial charge >= 0.3 is 0 Å². The molecule has 4 rings (SSSR count). The van der Waals surface area contributed by atoms with Crippen LogP contribution in [0.25, 0.3) is 10.2 Å². The van der Waals surface area contributed by atoms with Gasteiger partial charge < -0.3 is 9.47 Å². The number of amides is 1. The fraction of sp³-hybridized carbons (Fsp3) is 0.286. The molecule has 0 fully saturated rings. The van der Waals surface area contributed by atoms with Gasteiger partial charge in [0, 0.05) is 37.8 Å². The molecule has 0 bridgehead atoms. The van der Waals surface area contributed by atoms with Crippen LogP contribution in [0, 0.1) is 0 Å². The minimum atomic E-state index is -3.80. The summed E-state index contributed by atoms with van der Waals surface area (Å²) in [6.45, 7) is 1.24. The third-order valence-corrected chi connectivity index (χ3v) is 9.75. The Kier molecular flexibility index (Phi) is 10.1. The highest BCUT2D eigenvalue weighted by Crippen LogP contribution is 2.33. The number of rotatable bonds is 13. The van der Waals surface area contributed by atoms with E-state index in [2.05, 4.69) is 6.07 Å². The van der Waals surface area contributed by atoms with Gasteiger partial charge in [-0.15, -0.1) is 11.8 Å². The van der Waals surface area contributed by atoms with E-state index >= 15 is 0 Å². The number of sulfonamides is 1. The van der Waals surface area contributed by atoms with Gasteiger partial charge in [0.2, 0.25) is 10.0 Å². The Morgan fingerprint density at radius 2 is 1.62 bits per heavy atom. The molecule has 4 aromatic rings. The molecule has 0 spiro atoms. The maximum atomic E-state index is 13.8. The molecule has 11 heteroatoms. The van der Waals surface area contributed by atoms with Gasteiger partial charge in [0.25, 0.3) is 5.91 Å². The second-order valence-electron chi connectivity index (χ2n) is 8.62. The number of benzene rings is 3. The Morgan fingerprint density at radius 1 is 0.949 bits per heavy atom. The molecule has 0 atom stereocenters. The Balaban J connectivity index is 1.65. The minimum absolute atomic E-state index is 0.102. The molecule has 1 amide bonds. The van der Waals surface area contributed by atoms with Crippen LogP contribution in [0.4, 0.5) is 5.13 Å². The first-order chi connectivity index (χ1) is 18.9. The van der Waals surface area contributed by atoms with Crippen molar-refractivity contribution in [1.82, 2.24) is 9.29 Å². The van der Waals surface area contributed by atoms with E-state index in [-0.39, 0.29) is 37.1 Å². The Hall–Kier alpha value is -2.80. The standard InChI is InChI=1S/C28H31N3O5S3/c1-35-17-15-30(16-18-36-2)39(33,34)24-12-9-22(10-13-24)27(32)31(20-21-7-5-4-6-8-21)28-29-25-14-11-23(37-3)19-26(25)38-28/h4-14,19H,15-18,20H2,1-3H3. The highest BCUT2D eigenvalue weighted by atomic mass is 32.2. The number of anilines is 1. The van der Waals surface area contributed by atoms with Crippen molar-refractivity contribution in [1.29, 1.82) is 0 Å². The van der Waals surface area contributed by atoms with Gasteiger partial charge in [0.05, 0.1) is 34.9 Å². The number of hydrogen-bond donors (Lipinski definition) is 0. The van der Waals surface area contributed by atoms with E-state index in [0.29, 0.717) is 17.2 Å². The van der Waals surface area contributed by atoms with Gasteiger partial charge in [-0.05, 0) is 54.3 Å². The van der Waals surface area contributed by atoms with Crippen LogP contribution in [0.3, 0.4) is 0 Å². The molecule has 1 heterocycles. The summed E-state index contributed by atoms with van der Waals surface area (Å²) in [4.78, 5) is 21.5. The van der Waals surface area contributed by atoms with Crippen LogP contribution in [0.15, 0.2) is 82.6 Å². The average molecular weight is 586 g/mol. The Bertz CT molecular complexity index is 1480. The van der Waals surface area contributed by atoms with E-state index in [0.717, 1.165) is 20.7 Å². The predicted molar refractivity (Wildman–Crippen MR) is 157 cm³/mol. The van der Waals surface area contributed by atoms with Crippen LogP contribution >= 0.6 is 23.1 Å². The lowest BCUT2D eigenvalue weighted by molar-refractivity contribution is 0.0985. The molecule has 0 aliphatic rings. The summed E-state index contributed by atoms with van der Waals surface area (Å²) in [7, 11) is -0.749. The van der Waals surface area contributed by atoms with Gasteiger partial charge in [-0.2, -0.15) is 4.31 Å². The van der Waals surface area contributed by atoms with Crippen LogP contribution in [0.2, 0.25) is 0 Å². The van der Waals surface area contributed by atoms with E-state index < -0.39 is 10.0 Å². The molecule has 39 heavy (non-hydrogen) atoms. The van der Waals surface area contributed by atoms with Crippen molar-refractivity contribution in [2.24, 2.45) is 0 Å². The van der Waals surface area contributed by atoms with E-state index in [9.17, 15) is 13.2 Å². The summed E-state index contributed by atoms with van der Waals surface area (Å²) >= 11 is 3.11. The molecule has 0 aliphatic carbocycles. The molecule has 0 N–H and O–H groups in total. The van der Waals surface area contributed by atoms with E-state index in [1.165, 1.54) is 42.0 Å². The Morgan fingerprint density at radius 3 is 2.23 bits per heavy atom. The number of thiazole rings is 1. The summed E-state index contributed by atoms with van der Waals surface area (Å²) in [5.41, 5.74) is 2.16. The molecule has 0 saturated heterocycles. The summed E-state index contributed by atoms with van der Waals surface area (Å²) in [6.07, 6.45) is 2.02. The zero-order valence-corrected chi connectivity index (χ0v) is 24.5. The van der Waals surface area contributed by atoms with E-state index in [4.69, 9.17) is 14.5 Å². The molecule has 0 radical (unpaired) electrons. The van der Waals surface area contributed by atoms with Crippen LogP contribution in [0.1, 0.15) is 15.9 Å². The number of thioether (sulfide) groups is 1. The lowest BCUT2D eigenvalue weighted by Crippen LogP contribution is -2.36. The first kappa shape index (κ1) is 29.2. The number of nitrogens with zero attached hydrogens (tertiary/aromatic N) is 3. The monoisotopic (exact) mass is 585 g/mol. The molecule has 0 aliphatic heterocycles. The second-order valence-corrected chi connectivity index (χ2v) is 12.4. The summed E-state index contributed by atoms with van der Waals surface area (Å²) in [5, 5.41) is 0.583. The number of ether oxygens (including phenoxy) is 2. The van der Waals surface area contributed by atoms with E-state index in [1.807, 2.05) is 48.7 Å². The highest BCUT2D eigenvalue weighted by Gasteiger charge is 2.26. The Labute approximate surface area is 237 Å². The molecule has 206 valence electrons. The van der Waals surface area contributed by atoms with Gasteiger partial charge in [-0.25, -0.2) is 13.4 Å². The topological polar surface area (TPSA) is 89.0 Å². The van der Waals surface area contributed by atoms with Crippen molar-refractivity contribution in [2.75, 3.05) is 51.7 Å². The quantitative estimate of drug-likeness (QED) is 0.201. The third-order valence-electron chi connectivity index (χ3n) is 6.07. The summed E-state index contributed by atoms with van der Waals surface area (Å²) in [6, 6.07) is 21.8. The van der Waals surface area contributed by atoms with Crippen molar-refractivity contribution in [3.05, 3.63) is 83.9 Å². The molecular formula is C28H31N3O5S3. The van der Waals surface area contributed by atoms with Crippen molar-refractivity contribution in [3.8, 4) is 0 Å². The minimum Gasteiger partial charge on any atom is -0.383 e. The van der Waals surface area contributed by atoms with Crippen molar-refractivity contribution < 1.29 is 22.7 Å². The molecule has 8 nitrogen and oxygen atoms in total. The van der Waals surface area contributed by atoms with Crippen molar-refractivity contribution >= 4 is 54.4 Å². The highest BCUT2D eigenvalue weighted by molar-refractivity contribution is 7.98. The lowest BCUT2D eigenvalue weighted by atomic mass is 10.1. The average Bonchev–Trinajstić information content (AvgIpc) is 3.39. The number of fused-ring (bicyclic) bond motifs is 1. The maximum Gasteiger partial charge on any atom is 0.260 e. The van der Waals surface area contributed by atoms with Crippen molar-refractivity contribution in [3.63, 3.8) is 0 Å². The van der Waals surface area contributed by atoms with Crippen molar-refractivity contribution in [2.45, 2.75) is 16.3 Å². The van der Waals surface area contributed by atoms with Crippen LogP contribution in [0.5, 0.6) is 0 Å². The maximum absolute atomic E-state index is 13.8. The van der Waals surface area contributed by atoms with Gasteiger partial charge in [-0.3, -0.25) is 9.69 Å². The summed E-state index contributed by atoms with van der Waals surface area (Å²) < 4.78 is 39.0. The SMILES string of the molecule is COCCN(CCOC)S(=O)(=O)c1ccc(C(=O)N(Cc2ccccc2)c2nc3ccc(SC)cc3s2)cc1. The predicted octanol–water partition coefficient (Wildman–Crippen LogP) is 5.15. The fourth-order valence-corrected chi connectivity index (χ4v) is 6.87. The lowest BCUT2D eigenvalue weighted by Gasteiger charge is -2.22. The molecule has 0 unspecified atom stereocenters. The van der Waals surface area contributed by atoms with E-state index in [1.54, 1.807) is 28.8 Å². The number of carbonyl (C=O) groups excluding carboxylic acids is 1. The number of carbonyl (C=O) groups is 1. The molecular weight excluding hydrogens is 555 g/mol. The smallest absolute Gasteiger partial charge is 0.260 e. The van der Waals surface area contributed by atoms with Gasteiger partial charge in [0.1, 0.15) is 0 Å². The fourth-order valence-electron chi connectivity index (χ4n) is 3.94. The first-order valence-corrected chi connectivity index (χ1v) is 15.7. The van der Waals surface area contributed by atoms with Crippen LogP contribution in [-0.4, -0.2) is 70.4 Å². The zero-order chi connectivity index (χ0) is 27.8. The number of hydrogen-bond acceptors (Lipinski definition) is 8. The summed E-state index contributed by atoms with van der Waals surface area (Å²) in [5.74, 6) is -0.262. The number of methoxy groups -OCH3 is 2. The molecule has 3 aromatic carbocycles. The zero-order valence-electron chi connectivity index (χ0n) is 22.1. The third kappa shape index (κ3) is 7.05. The molecule has 1 aromatic heterocycles. The second kappa shape index (κ2) is 13.5. The number of aromatic nitrogens is 1. The van der Waals surface area contributed by atoms with Crippen LogP contribution in [-0.2, 0) is 26.0 Å². The van der Waals surface area contributed by atoms with Gasteiger partial charge in [0.15, 0.2) is 5.13 Å². The largest absolute Gasteiger partial charge is 0.383 e. The molecule has 0 saturated carbocycles. The van der Waals surface area contributed by atoms with Gasteiger partial charge in [-0.1, -0.05) is 41.7 Å². The van der Waals surface area contributed by atoms with Crippen LogP contribution < -0.4 is 4.90 Å².